The molecule has 0 saturated carbocycles. The van der Waals surface area contributed by atoms with Crippen LogP contribution >= 0.6 is 0 Å². The van der Waals surface area contributed by atoms with Gasteiger partial charge in [0.25, 0.3) is 0 Å². The van der Waals surface area contributed by atoms with Gasteiger partial charge in [-0.1, -0.05) is 20.8 Å². The number of benzene rings is 1. The predicted molar refractivity (Wildman–Crippen MR) is 88.3 cm³/mol. The van der Waals surface area contributed by atoms with Crippen molar-refractivity contribution in [3.8, 4) is 11.5 Å². The van der Waals surface area contributed by atoms with Crippen molar-refractivity contribution in [1.82, 2.24) is 10.2 Å². The van der Waals surface area contributed by atoms with Gasteiger partial charge in [-0.25, -0.2) is 0 Å². The van der Waals surface area contributed by atoms with E-state index in [-0.39, 0.29) is 0 Å². The first-order valence-electron chi connectivity index (χ1n) is 7.97. The Bertz CT molecular complexity index is 392. The van der Waals surface area contributed by atoms with E-state index in [1.54, 1.807) is 7.11 Å². The van der Waals surface area contributed by atoms with Gasteiger partial charge in [0, 0.05) is 18.7 Å². The van der Waals surface area contributed by atoms with E-state index in [1.165, 1.54) is 0 Å². The Morgan fingerprint density at radius 2 is 1.90 bits per heavy atom. The predicted octanol–water partition coefficient (Wildman–Crippen LogP) is 2.92. The fourth-order valence-corrected chi connectivity index (χ4v) is 2.19. The first-order valence-corrected chi connectivity index (χ1v) is 7.97. The van der Waals surface area contributed by atoms with Crippen LogP contribution in [-0.2, 0) is 6.54 Å². The minimum absolute atomic E-state index is 0.717. The first kappa shape index (κ1) is 17.8. The molecule has 0 saturated heterocycles. The Labute approximate surface area is 129 Å². The van der Waals surface area contributed by atoms with Gasteiger partial charge < -0.3 is 19.7 Å². The molecule has 0 aromatic heterocycles. The molecular weight excluding hydrogens is 264 g/mol. The van der Waals surface area contributed by atoms with Crippen LogP contribution in [0.4, 0.5) is 0 Å². The maximum atomic E-state index is 5.96. The van der Waals surface area contributed by atoms with Gasteiger partial charge >= 0.3 is 0 Å². The van der Waals surface area contributed by atoms with E-state index in [0.717, 1.165) is 62.8 Å². The zero-order valence-electron chi connectivity index (χ0n) is 13.9. The summed E-state index contributed by atoms with van der Waals surface area (Å²) in [5.74, 6) is 1.82. The summed E-state index contributed by atoms with van der Waals surface area (Å²) in [7, 11) is 1.69. The van der Waals surface area contributed by atoms with E-state index in [0.29, 0.717) is 0 Å². The maximum absolute atomic E-state index is 5.96. The molecular formula is C17H30N2O2. The molecule has 0 unspecified atom stereocenters. The smallest absolute Gasteiger partial charge is 0.124 e. The lowest BCUT2D eigenvalue weighted by Gasteiger charge is -2.19. The highest BCUT2D eigenvalue weighted by molar-refractivity contribution is 5.40. The second kappa shape index (κ2) is 10.5. The molecule has 0 amide bonds. The van der Waals surface area contributed by atoms with Crippen molar-refractivity contribution in [2.75, 3.05) is 39.9 Å². The van der Waals surface area contributed by atoms with Gasteiger partial charge in [0.1, 0.15) is 18.1 Å². The fraction of sp³-hybridized carbons (Fsp3) is 0.647. The Balaban J connectivity index is 2.61. The molecule has 0 radical (unpaired) electrons. The normalized spacial score (nSPS) is 10.9. The minimum atomic E-state index is 0.717. The zero-order valence-corrected chi connectivity index (χ0v) is 13.9. The lowest BCUT2D eigenvalue weighted by Crippen LogP contribution is -2.28. The quantitative estimate of drug-likeness (QED) is 0.636. The molecule has 0 bridgehead atoms. The van der Waals surface area contributed by atoms with E-state index < -0.39 is 0 Å². The summed E-state index contributed by atoms with van der Waals surface area (Å²) in [6, 6.07) is 6.01. The second-order valence-electron chi connectivity index (χ2n) is 5.03. The van der Waals surface area contributed by atoms with Crippen molar-refractivity contribution in [2.24, 2.45) is 0 Å². The van der Waals surface area contributed by atoms with E-state index in [2.05, 4.69) is 37.1 Å². The molecule has 0 aliphatic carbocycles. The number of methoxy groups -OCH3 is 1. The monoisotopic (exact) mass is 294 g/mol. The molecule has 4 nitrogen and oxygen atoms in total. The van der Waals surface area contributed by atoms with Gasteiger partial charge in [-0.15, -0.1) is 0 Å². The molecule has 1 aromatic carbocycles. The summed E-state index contributed by atoms with van der Waals surface area (Å²) in [6.07, 6.45) is 1.13. The van der Waals surface area contributed by atoms with Crippen molar-refractivity contribution in [3.63, 3.8) is 0 Å². The van der Waals surface area contributed by atoms with Crippen LogP contribution in [0, 0.1) is 0 Å². The molecule has 4 heteroatoms. The van der Waals surface area contributed by atoms with Gasteiger partial charge in [0.05, 0.1) is 7.11 Å². The van der Waals surface area contributed by atoms with Crippen LogP contribution in [0.25, 0.3) is 0 Å². The molecule has 0 spiro atoms. The SMILES string of the molecule is CCCNCc1cc(OC)ccc1OCCN(CC)CC. The van der Waals surface area contributed by atoms with Crippen molar-refractivity contribution in [2.45, 2.75) is 33.7 Å². The zero-order chi connectivity index (χ0) is 15.5. The highest BCUT2D eigenvalue weighted by Gasteiger charge is 2.07. The molecule has 1 N–H and O–H groups in total. The summed E-state index contributed by atoms with van der Waals surface area (Å²) in [4.78, 5) is 2.36. The summed E-state index contributed by atoms with van der Waals surface area (Å²) >= 11 is 0. The summed E-state index contributed by atoms with van der Waals surface area (Å²) in [5.41, 5.74) is 1.15. The number of rotatable bonds is 11. The average molecular weight is 294 g/mol. The molecule has 120 valence electrons. The highest BCUT2D eigenvalue weighted by atomic mass is 16.5. The van der Waals surface area contributed by atoms with Gasteiger partial charge in [-0.3, -0.25) is 0 Å². The van der Waals surface area contributed by atoms with Crippen LogP contribution in [0.3, 0.4) is 0 Å². The van der Waals surface area contributed by atoms with Crippen molar-refractivity contribution in [3.05, 3.63) is 23.8 Å². The van der Waals surface area contributed by atoms with E-state index in [1.807, 2.05) is 12.1 Å². The van der Waals surface area contributed by atoms with Crippen LogP contribution in [-0.4, -0.2) is 44.8 Å². The molecule has 0 aliphatic heterocycles. The number of hydrogen-bond donors (Lipinski definition) is 1. The van der Waals surface area contributed by atoms with Crippen LogP contribution in [0.1, 0.15) is 32.8 Å². The lowest BCUT2D eigenvalue weighted by atomic mass is 10.2. The highest BCUT2D eigenvalue weighted by Crippen LogP contribution is 2.24. The van der Waals surface area contributed by atoms with E-state index >= 15 is 0 Å². The van der Waals surface area contributed by atoms with Crippen molar-refractivity contribution < 1.29 is 9.47 Å². The minimum Gasteiger partial charge on any atom is -0.497 e. The molecule has 21 heavy (non-hydrogen) atoms. The Kier molecular flexibility index (Phi) is 8.87. The Morgan fingerprint density at radius 1 is 1.14 bits per heavy atom. The Morgan fingerprint density at radius 3 is 2.52 bits per heavy atom. The third-order valence-corrected chi connectivity index (χ3v) is 3.57. The van der Waals surface area contributed by atoms with E-state index in [9.17, 15) is 0 Å². The molecule has 0 fully saturated rings. The molecule has 1 aromatic rings. The van der Waals surface area contributed by atoms with Crippen molar-refractivity contribution >= 4 is 0 Å². The van der Waals surface area contributed by atoms with Gasteiger partial charge in [-0.05, 0) is 44.3 Å². The topological polar surface area (TPSA) is 33.7 Å². The number of nitrogens with one attached hydrogen (secondary N) is 1. The standard InChI is InChI=1S/C17H30N2O2/c1-5-10-18-14-15-13-16(20-4)8-9-17(15)21-12-11-19(6-2)7-3/h8-9,13,18H,5-7,10-12,14H2,1-4H3. The third kappa shape index (κ3) is 6.36. The number of hydrogen-bond acceptors (Lipinski definition) is 4. The van der Waals surface area contributed by atoms with Crippen LogP contribution in [0.15, 0.2) is 18.2 Å². The lowest BCUT2D eigenvalue weighted by molar-refractivity contribution is 0.221. The number of ether oxygens (including phenoxy) is 2. The van der Waals surface area contributed by atoms with Gasteiger partial charge in [0.2, 0.25) is 0 Å². The van der Waals surface area contributed by atoms with Crippen molar-refractivity contribution in [1.29, 1.82) is 0 Å². The molecule has 0 atom stereocenters. The number of likely N-dealkylation sites (N-methyl/N-ethyl adjacent to an activating group) is 1. The molecule has 1 rings (SSSR count). The van der Waals surface area contributed by atoms with Crippen LogP contribution in [0.2, 0.25) is 0 Å². The Hall–Kier alpha value is -1.26. The third-order valence-electron chi connectivity index (χ3n) is 3.57. The molecule has 0 heterocycles. The van der Waals surface area contributed by atoms with Gasteiger partial charge in [-0.2, -0.15) is 0 Å². The van der Waals surface area contributed by atoms with Crippen LogP contribution in [0.5, 0.6) is 11.5 Å². The average Bonchev–Trinajstić information content (AvgIpc) is 2.52. The largest absolute Gasteiger partial charge is 0.497 e. The first-order chi connectivity index (χ1) is 10.2. The number of nitrogens with zero attached hydrogens (tertiary/aromatic N) is 1. The van der Waals surface area contributed by atoms with E-state index in [4.69, 9.17) is 9.47 Å². The van der Waals surface area contributed by atoms with Crippen LogP contribution < -0.4 is 14.8 Å². The summed E-state index contributed by atoms with van der Waals surface area (Å²) in [6.45, 7) is 12.1. The summed E-state index contributed by atoms with van der Waals surface area (Å²) < 4.78 is 11.3. The summed E-state index contributed by atoms with van der Waals surface area (Å²) in [5, 5.41) is 3.42. The maximum Gasteiger partial charge on any atom is 0.124 e. The van der Waals surface area contributed by atoms with Gasteiger partial charge in [0.15, 0.2) is 0 Å². The second-order valence-corrected chi connectivity index (χ2v) is 5.03. The molecule has 0 aliphatic rings. The fourth-order valence-electron chi connectivity index (χ4n) is 2.19.